The van der Waals surface area contributed by atoms with Crippen LogP contribution in [0.25, 0.3) is 0 Å². The van der Waals surface area contributed by atoms with E-state index in [1.165, 1.54) is 56.7 Å². The van der Waals surface area contributed by atoms with E-state index in [1.807, 2.05) is 0 Å². The van der Waals surface area contributed by atoms with Gasteiger partial charge in [0, 0.05) is 24.9 Å². The van der Waals surface area contributed by atoms with Crippen molar-refractivity contribution in [1.29, 1.82) is 0 Å². The van der Waals surface area contributed by atoms with Crippen LogP contribution in [0.4, 0.5) is 0 Å². The number of carbonyl (C=O) groups is 4. The molecule has 2 unspecified atom stereocenters. The molecule has 0 amide bonds. The average molecular weight is 624 g/mol. The van der Waals surface area contributed by atoms with Crippen molar-refractivity contribution in [3.8, 4) is 0 Å². The first-order valence-corrected chi connectivity index (χ1v) is 15.7. The quantitative estimate of drug-likeness (QED) is 0.147. The molecule has 0 radical (unpaired) electrons. The van der Waals surface area contributed by atoms with E-state index in [0.717, 1.165) is 44.7 Å². The number of rotatable bonds is 11. The summed E-state index contributed by atoms with van der Waals surface area (Å²) in [6.07, 6.45) is 14.6. The molecular formula is C33H57N3O8. The fourth-order valence-corrected chi connectivity index (χ4v) is 5.87. The minimum atomic E-state index is -1.13. The molecule has 2 saturated carbocycles. The van der Waals surface area contributed by atoms with Crippen molar-refractivity contribution in [3.63, 3.8) is 0 Å². The van der Waals surface area contributed by atoms with Gasteiger partial charge in [0.05, 0.1) is 11.1 Å². The van der Waals surface area contributed by atoms with Crippen LogP contribution in [0.15, 0.2) is 24.3 Å². The molecule has 2 fully saturated rings. The molecule has 0 aliphatic heterocycles. The van der Waals surface area contributed by atoms with Gasteiger partial charge in [0.25, 0.3) is 0 Å². The van der Waals surface area contributed by atoms with E-state index in [-0.39, 0.29) is 29.4 Å². The molecule has 44 heavy (non-hydrogen) atoms. The van der Waals surface area contributed by atoms with Gasteiger partial charge in [-0.2, -0.15) is 0 Å². The normalized spacial score (nSPS) is 20.7. The van der Waals surface area contributed by atoms with E-state index in [4.69, 9.17) is 37.6 Å². The molecular weight excluding hydrogens is 566 g/mol. The van der Waals surface area contributed by atoms with Gasteiger partial charge in [-0.25, -0.2) is 9.59 Å². The first-order valence-electron chi connectivity index (χ1n) is 15.7. The van der Waals surface area contributed by atoms with E-state index >= 15 is 0 Å². The molecule has 0 saturated heterocycles. The highest BCUT2D eigenvalue weighted by Crippen LogP contribution is 2.44. The van der Waals surface area contributed by atoms with Crippen molar-refractivity contribution in [1.82, 2.24) is 0 Å². The largest absolute Gasteiger partial charge is 0.481 e. The predicted octanol–water partition coefficient (Wildman–Crippen LogP) is 5.74. The van der Waals surface area contributed by atoms with Crippen molar-refractivity contribution < 1.29 is 39.6 Å². The molecule has 0 spiro atoms. The summed E-state index contributed by atoms with van der Waals surface area (Å²) in [5, 5.41) is 33.6. The molecule has 11 heteroatoms. The third-order valence-electron chi connectivity index (χ3n) is 7.76. The highest BCUT2D eigenvalue weighted by molar-refractivity contribution is 5.93. The fraction of sp³-hybridized carbons (Fsp3) is 0.697. The van der Waals surface area contributed by atoms with E-state index in [1.54, 1.807) is 0 Å². The summed E-state index contributed by atoms with van der Waals surface area (Å²) in [4.78, 5) is 41.0. The topological polar surface area (TPSA) is 227 Å². The Morgan fingerprint density at radius 3 is 1.52 bits per heavy atom. The highest BCUT2D eigenvalue weighted by Gasteiger charge is 2.38. The monoisotopic (exact) mass is 623 g/mol. The molecule has 0 aromatic heterocycles. The van der Waals surface area contributed by atoms with Gasteiger partial charge in [0.1, 0.15) is 0 Å². The standard InChI is InChI=1S/C10H22N2.C9H16O4.C8H6O4.C6H13N/c1-9(2)4-8(12)5-10(3,6-9)7-11;10-8(11)6-4-2-1-3-5-7-9(12)13;9-7(10)5-2-1-3-6(4-5)8(11)12;7-6-4-2-1-3-5-6/h8H,4-7,11-12H2,1-3H3;1-7H2,(H,10,11)(H,12,13);1-4H,(H,9,10)(H,11,12);6H,1-5,7H2. The SMILES string of the molecule is CC1(C)CC(N)CC(C)(CN)C1.NC1CCCCC1.O=C(O)CCCCCCCC(=O)O.O=C(O)c1cccc(C(=O)O)c1. The Hall–Kier alpha value is -3.02. The molecule has 3 rings (SSSR count). The lowest BCUT2D eigenvalue weighted by Gasteiger charge is -2.45. The molecule has 1 aromatic carbocycles. The van der Waals surface area contributed by atoms with Gasteiger partial charge >= 0.3 is 23.9 Å². The lowest BCUT2D eigenvalue weighted by molar-refractivity contribution is -0.138. The molecule has 252 valence electrons. The Labute approximate surface area is 262 Å². The van der Waals surface area contributed by atoms with Crippen molar-refractivity contribution in [2.75, 3.05) is 6.54 Å². The van der Waals surface area contributed by atoms with Gasteiger partial charge in [0.2, 0.25) is 0 Å². The molecule has 2 atom stereocenters. The van der Waals surface area contributed by atoms with Crippen LogP contribution in [0.5, 0.6) is 0 Å². The summed E-state index contributed by atoms with van der Waals surface area (Å²) in [6.45, 7) is 7.61. The van der Waals surface area contributed by atoms with Crippen LogP contribution in [0.3, 0.4) is 0 Å². The smallest absolute Gasteiger partial charge is 0.335 e. The number of benzene rings is 1. The average Bonchev–Trinajstić information content (AvgIpc) is 2.92. The van der Waals surface area contributed by atoms with Gasteiger partial charge in [0.15, 0.2) is 0 Å². The minimum Gasteiger partial charge on any atom is -0.481 e. The highest BCUT2D eigenvalue weighted by atomic mass is 16.4. The zero-order chi connectivity index (χ0) is 33.8. The summed E-state index contributed by atoms with van der Waals surface area (Å²) >= 11 is 0. The van der Waals surface area contributed by atoms with Gasteiger partial charge in [-0.15, -0.1) is 0 Å². The first kappa shape index (κ1) is 41.0. The minimum absolute atomic E-state index is 0.0186. The number of carboxylic acid groups (broad SMARTS) is 4. The van der Waals surface area contributed by atoms with Crippen LogP contribution in [-0.4, -0.2) is 62.9 Å². The van der Waals surface area contributed by atoms with Gasteiger partial charge < -0.3 is 37.6 Å². The Bertz CT molecular complexity index is 963. The van der Waals surface area contributed by atoms with Crippen molar-refractivity contribution >= 4 is 23.9 Å². The second-order valence-electron chi connectivity index (χ2n) is 13.2. The number of nitrogens with two attached hydrogens (primary N) is 3. The Kier molecular flexibility index (Phi) is 20.2. The summed E-state index contributed by atoms with van der Waals surface area (Å²) in [5.41, 5.74) is 18.0. The van der Waals surface area contributed by atoms with E-state index in [0.29, 0.717) is 30.3 Å². The first-order chi connectivity index (χ1) is 20.5. The van der Waals surface area contributed by atoms with Gasteiger partial charge in [-0.3, -0.25) is 9.59 Å². The molecule has 11 nitrogen and oxygen atoms in total. The predicted molar refractivity (Wildman–Crippen MR) is 172 cm³/mol. The van der Waals surface area contributed by atoms with E-state index < -0.39 is 23.9 Å². The van der Waals surface area contributed by atoms with E-state index in [2.05, 4.69) is 20.8 Å². The van der Waals surface area contributed by atoms with Crippen LogP contribution in [0.2, 0.25) is 0 Å². The zero-order valence-corrected chi connectivity index (χ0v) is 26.9. The molecule has 0 bridgehead atoms. The van der Waals surface area contributed by atoms with Gasteiger partial charge in [-0.1, -0.05) is 65.4 Å². The third-order valence-corrected chi connectivity index (χ3v) is 7.76. The van der Waals surface area contributed by atoms with Crippen molar-refractivity contribution in [3.05, 3.63) is 35.4 Å². The molecule has 2 aliphatic carbocycles. The van der Waals surface area contributed by atoms with Crippen LogP contribution in [-0.2, 0) is 9.59 Å². The second kappa shape index (κ2) is 21.6. The number of aromatic carboxylic acids is 2. The van der Waals surface area contributed by atoms with Crippen LogP contribution < -0.4 is 17.2 Å². The summed E-state index contributed by atoms with van der Waals surface area (Å²) in [7, 11) is 0. The number of unbranched alkanes of at least 4 members (excludes halogenated alkanes) is 4. The maximum atomic E-state index is 10.4. The fourth-order valence-electron chi connectivity index (χ4n) is 5.87. The van der Waals surface area contributed by atoms with Gasteiger partial charge in [-0.05, 0) is 80.5 Å². The Morgan fingerprint density at radius 1 is 0.727 bits per heavy atom. The van der Waals surface area contributed by atoms with Crippen molar-refractivity contribution in [2.24, 2.45) is 28.0 Å². The Morgan fingerprint density at radius 2 is 1.18 bits per heavy atom. The molecule has 2 aliphatic rings. The summed E-state index contributed by atoms with van der Waals surface area (Å²) < 4.78 is 0. The number of hydrogen-bond donors (Lipinski definition) is 7. The summed E-state index contributed by atoms with van der Waals surface area (Å²) in [5.74, 6) is -3.77. The van der Waals surface area contributed by atoms with Crippen LogP contribution in [0.1, 0.15) is 138 Å². The molecule has 0 heterocycles. The lowest BCUT2D eigenvalue weighted by atomic mass is 9.63. The second-order valence-corrected chi connectivity index (χ2v) is 13.2. The van der Waals surface area contributed by atoms with Crippen molar-refractivity contribution in [2.45, 2.75) is 129 Å². The lowest BCUT2D eigenvalue weighted by Crippen LogP contribution is -2.45. The van der Waals surface area contributed by atoms with Crippen LogP contribution in [0, 0.1) is 10.8 Å². The van der Waals surface area contributed by atoms with Crippen LogP contribution >= 0.6 is 0 Å². The zero-order valence-electron chi connectivity index (χ0n) is 26.9. The molecule has 1 aromatic rings. The van der Waals surface area contributed by atoms with E-state index in [9.17, 15) is 19.2 Å². The number of aliphatic carboxylic acids is 2. The molecule has 10 N–H and O–H groups in total. The number of carboxylic acids is 4. The third kappa shape index (κ3) is 20.8. The number of hydrogen-bond acceptors (Lipinski definition) is 7. The maximum Gasteiger partial charge on any atom is 0.335 e. The maximum absolute atomic E-state index is 10.4. The summed E-state index contributed by atoms with van der Waals surface area (Å²) in [6, 6.07) is 6.08. The Balaban J connectivity index is 0.000000570.